The maximum Gasteiger partial charge on any atom is 0.408 e. The van der Waals surface area contributed by atoms with Crippen LogP contribution in [0.1, 0.15) is 31.0 Å². The number of benzene rings is 1. The molecule has 0 saturated carbocycles. The van der Waals surface area contributed by atoms with Crippen molar-refractivity contribution < 1.29 is 22.6 Å². The Morgan fingerprint density at radius 3 is 2.66 bits per heavy atom. The second-order valence-electron chi connectivity index (χ2n) is 7.51. The van der Waals surface area contributed by atoms with Crippen LogP contribution in [0.4, 0.5) is 24.8 Å². The minimum Gasteiger partial charge on any atom is -0.477 e. The van der Waals surface area contributed by atoms with E-state index in [2.05, 4.69) is 20.3 Å². The number of anilines is 2. The number of nitrogens with one attached hydrogen (secondary N) is 2. The Labute approximate surface area is 183 Å². The molecular weight excluding hydrogens is 423 g/mol. The average molecular weight is 449 g/mol. The van der Waals surface area contributed by atoms with Crippen LogP contribution in [0, 0.1) is 0 Å². The molecule has 1 atom stereocenters. The fraction of sp³-hybridized carbons (Fsp3) is 0.455. The van der Waals surface area contributed by atoms with Crippen molar-refractivity contribution in [3.8, 4) is 5.88 Å². The highest BCUT2D eigenvalue weighted by Crippen LogP contribution is 2.39. The summed E-state index contributed by atoms with van der Waals surface area (Å²) < 4.78 is 52.8. The van der Waals surface area contributed by atoms with Crippen molar-refractivity contribution in [1.29, 1.82) is 0 Å². The number of aromatic nitrogens is 3. The van der Waals surface area contributed by atoms with Gasteiger partial charge in [-0.3, -0.25) is 4.90 Å². The molecule has 1 fully saturated rings. The Balaban J connectivity index is 1.66. The fourth-order valence-electron chi connectivity index (χ4n) is 3.98. The summed E-state index contributed by atoms with van der Waals surface area (Å²) in [7, 11) is 0. The van der Waals surface area contributed by atoms with E-state index in [0.29, 0.717) is 49.4 Å². The first-order valence-electron chi connectivity index (χ1n) is 10.7. The van der Waals surface area contributed by atoms with Crippen LogP contribution < -0.4 is 10.1 Å². The zero-order valence-corrected chi connectivity index (χ0v) is 18.0. The lowest BCUT2D eigenvalue weighted by atomic mass is 9.99. The molecule has 1 aliphatic heterocycles. The van der Waals surface area contributed by atoms with Crippen molar-refractivity contribution >= 4 is 22.7 Å². The van der Waals surface area contributed by atoms with Gasteiger partial charge in [0.15, 0.2) is 0 Å². The van der Waals surface area contributed by atoms with Crippen LogP contribution in [0.5, 0.6) is 5.88 Å². The predicted molar refractivity (Wildman–Crippen MR) is 115 cm³/mol. The number of halogens is 3. The Hall–Kier alpha value is -2.85. The topological polar surface area (TPSA) is 75.3 Å². The number of H-pyrrole nitrogens is 1. The maximum atomic E-state index is 14.0. The summed E-state index contributed by atoms with van der Waals surface area (Å²) in [5, 5.41) is 3.92. The normalized spacial score (nSPS) is 16.3. The SMILES string of the molecule is CCOc1nc(Nc2ccc(C(N3CCOCC3)C(F)(F)F)cc2CC)nc2[nH]ccc12. The van der Waals surface area contributed by atoms with Crippen LogP contribution in [-0.2, 0) is 11.2 Å². The predicted octanol–water partition coefficient (Wildman–Crippen LogP) is 4.60. The second kappa shape index (κ2) is 9.33. The molecule has 172 valence electrons. The van der Waals surface area contributed by atoms with Crippen molar-refractivity contribution in [2.24, 2.45) is 0 Å². The third kappa shape index (κ3) is 4.66. The fourth-order valence-corrected chi connectivity index (χ4v) is 3.98. The standard InChI is InChI=1S/C22H26F3N5O2/c1-3-14-13-15(18(22(23,24)25)30-9-11-31-12-10-30)5-6-17(14)27-21-28-19-16(7-8-26-19)20(29-21)32-4-2/h5-8,13,18H,3-4,9-12H2,1-2H3,(H2,26,27,28,29). The number of morpholine rings is 1. The van der Waals surface area contributed by atoms with Crippen molar-refractivity contribution in [3.05, 3.63) is 41.6 Å². The largest absolute Gasteiger partial charge is 0.477 e. The van der Waals surface area contributed by atoms with E-state index < -0.39 is 12.2 Å². The van der Waals surface area contributed by atoms with Gasteiger partial charge in [0.2, 0.25) is 11.8 Å². The van der Waals surface area contributed by atoms with E-state index in [9.17, 15) is 13.2 Å². The van der Waals surface area contributed by atoms with Crippen LogP contribution in [0.3, 0.4) is 0 Å². The van der Waals surface area contributed by atoms with Gasteiger partial charge in [0.1, 0.15) is 11.7 Å². The van der Waals surface area contributed by atoms with Crippen molar-refractivity contribution in [1.82, 2.24) is 19.9 Å². The summed E-state index contributed by atoms with van der Waals surface area (Å²) in [6.07, 6.45) is -2.08. The van der Waals surface area contributed by atoms with Gasteiger partial charge in [-0.05, 0) is 36.6 Å². The van der Waals surface area contributed by atoms with E-state index in [1.807, 2.05) is 19.9 Å². The number of alkyl halides is 3. The number of hydrogen-bond donors (Lipinski definition) is 2. The first kappa shape index (κ1) is 22.3. The molecule has 4 rings (SSSR count). The van der Waals surface area contributed by atoms with Crippen molar-refractivity contribution in [3.63, 3.8) is 0 Å². The maximum absolute atomic E-state index is 14.0. The monoisotopic (exact) mass is 449 g/mol. The molecule has 0 aliphatic carbocycles. The second-order valence-corrected chi connectivity index (χ2v) is 7.51. The molecule has 3 heterocycles. The number of aryl methyl sites for hydroxylation is 1. The van der Waals surface area contributed by atoms with Crippen LogP contribution in [0.15, 0.2) is 30.5 Å². The molecule has 7 nitrogen and oxygen atoms in total. The van der Waals surface area contributed by atoms with E-state index in [1.54, 1.807) is 18.3 Å². The summed E-state index contributed by atoms with van der Waals surface area (Å²) in [5.41, 5.74) is 2.24. The van der Waals surface area contributed by atoms with E-state index in [1.165, 1.54) is 11.0 Å². The van der Waals surface area contributed by atoms with Crippen LogP contribution in [-0.4, -0.2) is 58.9 Å². The van der Waals surface area contributed by atoms with Gasteiger partial charge in [0.25, 0.3) is 0 Å². The summed E-state index contributed by atoms with van der Waals surface area (Å²) in [5.74, 6) is 0.756. The summed E-state index contributed by atoms with van der Waals surface area (Å²) >= 11 is 0. The van der Waals surface area contributed by atoms with Gasteiger partial charge in [-0.25, -0.2) is 0 Å². The Bertz CT molecular complexity index is 1060. The van der Waals surface area contributed by atoms with Crippen molar-refractivity contribution in [2.75, 3.05) is 38.2 Å². The lowest BCUT2D eigenvalue weighted by Crippen LogP contribution is -2.44. The van der Waals surface area contributed by atoms with Crippen LogP contribution >= 0.6 is 0 Å². The van der Waals surface area contributed by atoms with Gasteiger partial charge in [-0.2, -0.15) is 23.1 Å². The van der Waals surface area contributed by atoms with E-state index in [0.717, 1.165) is 10.9 Å². The van der Waals surface area contributed by atoms with Gasteiger partial charge < -0.3 is 19.8 Å². The average Bonchev–Trinajstić information content (AvgIpc) is 3.24. The van der Waals surface area contributed by atoms with Gasteiger partial charge >= 0.3 is 6.18 Å². The molecule has 1 aliphatic rings. The highest BCUT2D eigenvalue weighted by Gasteiger charge is 2.45. The Morgan fingerprint density at radius 2 is 1.97 bits per heavy atom. The Morgan fingerprint density at radius 1 is 1.19 bits per heavy atom. The zero-order valence-electron chi connectivity index (χ0n) is 18.0. The van der Waals surface area contributed by atoms with Gasteiger partial charge in [0.05, 0.1) is 25.2 Å². The minimum atomic E-state index is -4.38. The van der Waals surface area contributed by atoms with E-state index in [4.69, 9.17) is 9.47 Å². The van der Waals surface area contributed by atoms with Gasteiger partial charge in [0, 0.05) is 25.0 Å². The quantitative estimate of drug-likeness (QED) is 0.549. The molecule has 2 aromatic heterocycles. The van der Waals surface area contributed by atoms with Gasteiger partial charge in [-0.1, -0.05) is 19.1 Å². The molecule has 1 saturated heterocycles. The number of ether oxygens (including phenoxy) is 2. The molecule has 3 aromatic rings. The molecular formula is C22H26F3N5O2. The lowest BCUT2D eigenvalue weighted by Gasteiger charge is -2.36. The smallest absolute Gasteiger partial charge is 0.408 e. The number of nitrogens with zero attached hydrogens (tertiary/aromatic N) is 3. The summed E-state index contributed by atoms with van der Waals surface area (Å²) in [6, 6.07) is 4.97. The van der Waals surface area contributed by atoms with Crippen LogP contribution in [0.2, 0.25) is 0 Å². The molecule has 0 amide bonds. The molecule has 0 bridgehead atoms. The number of fused-ring (bicyclic) bond motifs is 1. The summed E-state index contributed by atoms with van der Waals surface area (Å²) in [4.78, 5) is 13.4. The number of aromatic amines is 1. The van der Waals surface area contributed by atoms with Crippen molar-refractivity contribution in [2.45, 2.75) is 32.5 Å². The highest BCUT2D eigenvalue weighted by atomic mass is 19.4. The number of hydrogen-bond acceptors (Lipinski definition) is 6. The number of rotatable bonds is 7. The molecule has 10 heteroatoms. The molecule has 32 heavy (non-hydrogen) atoms. The van der Waals surface area contributed by atoms with E-state index >= 15 is 0 Å². The molecule has 2 N–H and O–H groups in total. The first-order chi connectivity index (χ1) is 15.4. The molecule has 0 spiro atoms. The molecule has 1 unspecified atom stereocenters. The van der Waals surface area contributed by atoms with Gasteiger partial charge in [-0.15, -0.1) is 0 Å². The minimum absolute atomic E-state index is 0.220. The third-order valence-corrected chi connectivity index (χ3v) is 5.46. The van der Waals surface area contributed by atoms with Crippen LogP contribution in [0.25, 0.3) is 11.0 Å². The van der Waals surface area contributed by atoms with E-state index in [-0.39, 0.29) is 18.7 Å². The highest BCUT2D eigenvalue weighted by molar-refractivity contribution is 5.82. The lowest BCUT2D eigenvalue weighted by molar-refractivity contribution is -0.194. The zero-order chi connectivity index (χ0) is 22.7. The third-order valence-electron chi connectivity index (χ3n) is 5.46. The Kier molecular flexibility index (Phi) is 6.52. The first-order valence-corrected chi connectivity index (χ1v) is 10.7. The molecule has 0 radical (unpaired) electrons. The summed E-state index contributed by atoms with van der Waals surface area (Å²) in [6.45, 7) is 5.31. The molecule has 1 aromatic carbocycles.